The molecule has 0 aromatic heterocycles. The summed E-state index contributed by atoms with van der Waals surface area (Å²) >= 11 is 0. The van der Waals surface area contributed by atoms with E-state index in [1.165, 1.54) is 25.3 Å². The van der Waals surface area contributed by atoms with Gasteiger partial charge in [-0.3, -0.25) is 0 Å². The van der Waals surface area contributed by atoms with Crippen molar-refractivity contribution >= 4 is 11.7 Å². The van der Waals surface area contributed by atoms with Gasteiger partial charge in [0.1, 0.15) is 11.6 Å². The Balaban J connectivity index is 2.76. The SMILES string of the molecule is COc1cc(F)ccc1NC(=O)NC(C)C. The normalized spacial score (nSPS) is 10.1. The molecule has 5 heteroatoms. The molecule has 4 nitrogen and oxygen atoms in total. The van der Waals surface area contributed by atoms with Gasteiger partial charge in [0.25, 0.3) is 0 Å². The summed E-state index contributed by atoms with van der Waals surface area (Å²) in [6.45, 7) is 3.70. The van der Waals surface area contributed by atoms with Gasteiger partial charge in [0, 0.05) is 12.1 Å². The van der Waals surface area contributed by atoms with Gasteiger partial charge in [0.2, 0.25) is 0 Å². The monoisotopic (exact) mass is 226 g/mol. The molecule has 2 N–H and O–H groups in total. The van der Waals surface area contributed by atoms with Crippen molar-refractivity contribution < 1.29 is 13.9 Å². The molecule has 1 aromatic carbocycles. The molecule has 0 saturated carbocycles. The third kappa shape index (κ3) is 3.42. The number of methoxy groups -OCH3 is 1. The van der Waals surface area contributed by atoms with Crippen LogP contribution >= 0.6 is 0 Å². The number of hydrogen-bond acceptors (Lipinski definition) is 2. The molecule has 1 rings (SSSR count). The number of halogens is 1. The second-order valence-electron chi connectivity index (χ2n) is 3.60. The third-order valence-corrected chi connectivity index (χ3v) is 1.83. The number of anilines is 1. The van der Waals surface area contributed by atoms with E-state index in [1.807, 2.05) is 13.8 Å². The minimum Gasteiger partial charge on any atom is -0.494 e. The molecular weight excluding hydrogens is 211 g/mol. The van der Waals surface area contributed by atoms with Gasteiger partial charge >= 0.3 is 6.03 Å². The number of benzene rings is 1. The Kier molecular flexibility index (Phi) is 4.10. The smallest absolute Gasteiger partial charge is 0.319 e. The van der Waals surface area contributed by atoms with Crippen LogP contribution in [0.25, 0.3) is 0 Å². The molecule has 88 valence electrons. The van der Waals surface area contributed by atoms with Crippen molar-refractivity contribution in [1.82, 2.24) is 5.32 Å². The molecule has 0 bridgehead atoms. The fraction of sp³-hybridized carbons (Fsp3) is 0.364. The first-order valence-corrected chi connectivity index (χ1v) is 4.94. The fourth-order valence-electron chi connectivity index (χ4n) is 1.19. The molecule has 0 heterocycles. The lowest BCUT2D eigenvalue weighted by molar-refractivity contribution is 0.250. The lowest BCUT2D eigenvalue weighted by atomic mass is 10.3. The molecule has 0 aliphatic heterocycles. The molecule has 0 fully saturated rings. The Morgan fingerprint density at radius 2 is 2.12 bits per heavy atom. The van der Waals surface area contributed by atoms with E-state index in [2.05, 4.69) is 10.6 Å². The van der Waals surface area contributed by atoms with Crippen LogP contribution in [0.1, 0.15) is 13.8 Å². The van der Waals surface area contributed by atoms with Crippen LogP contribution in [0.3, 0.4) is 0 Å². The second-order valence-corrected chi connectivity index (χ2v) is 3.60. The summed E-state index contributed by atoms with van der Waals surface area (Å²) in [5.41, 5.74) is 0.432. The van der Waals surface area contributed by atoms with Crippen LogP contribution in [0, 0.1) is 5.82 Å². The van der Waals surface area contributed by atoms with E-state index in [4.69, 9.17) is 4.74 Å². The number of hydrogen-bond donors (Lipinski definition) is 2. The van der Waals surface area contributed by atoms with Crippen molar-refractivity contribution in [2.75, 3.05) is 12.4 Å². The number of nitrogens with one attached hydrogen (secondary N) is 2. The van der Waals surface area contributed by atoms with Gasteiger partial charge < -0.3 is 15.4 Å². The summed E-state index contributed by atoms with van der Waals surface area (Å²) in [4.78, 5) is 11.4. The molecule has 0 saturated heterocycles. The zero-order valence-corrected chi connectivity index (χ0v) is 9.50. The highest BCUT2D eigenvalue weighted by Gasteiger charge is 2.08. The Morgan fingerprint density at radius 3 is 2.69 bits per heavy atom. The quantitative estimate of drug-likeness (QED) is 0.831. The predicted octanol–water partition coefficient (Wildman–Crippen LogP) is 2.36. The van der Waals surface area contributed by atoms with Crippen LogP contribution in [-0.2, 0) is 0 Å². The zero-order chi connectivity index (χ0) is 12.1. The number of ether oxygens (including phenoxy) is 1. The summed E-state index contributed by atoms with van der Waals surface area (Å²) < 4.78 is 17.8. The Labute approximate surface area is 93.8 Å². The summed E-state index contributed by atoms with van der Waals surface area (Å²) in [5, 5.41) is 5.24. The molecule has 0 spiro atoms. The molecule has 2 amide bonds. The third-order valence-electron chi connectivity index (χ3n) is 1.83. The van der Waals surface area contributed by atoms with Crippen LogP contribution in [0.15, 0.2) is 18.2 Å². The van der Waals surface area contributed by atoms with E-state index >= 15 is 0 Å². The van der Waals surface area contributed by atoms with Crippen molar-refractivity contribution in [2.24, 2.45) is 0 Å². The highest BCUT2D eigenvalue weighted by atomic mass is 19.1. The first kappa shape index (κ1) is 12.3. The largest absolute Gasteiger partial charge is 0.494 e. The van der Waals surface area contributed by atoms with Gasteiger partial charge in [-0.15, -0.1) is 0 Å². The van der Waals surface area contributed by atoms with Gasteiger partial charge in [-0.05, 0) is 26.0 Å². The van der Waals surface area contributed by atoms with Gasteiger partial charge in [-0.2, -0.15) is 0 Å². The molecule has 0 atom stereocenters. The van der Waals surface area contributed by atoms with E-state index in [-0.39, 0.29) is 12.1 Å². The molecule has 0 aliphatic carbocycles. The average Bonchev–Trinajstić information content (AvgIpc) is 2.19. The molecule has 16 heavy (non-hydrogen) atoms. The van der Waals surface area contributed by atoms with E-state index in [1.54, 1.807) is 0 Å². The second kappa shape index (κ2) is 5.34. The number of rotatable bonds is 3. The van der Waals surface area contributed by atoms with Gasteiger partial charge in [0.15, 0.2) is 0 Å². The molecule has 1 aromatic rings. The standard InChI is InChI=1S/C11H15FN2O2/c1-7(2)13-11(15)14-9-5-4-8(12)6-10(9)16-3/h4-7H,1-3H3,(H2,13,14,15). The Morgan fingerprint density at radius 1 is 1.44 bits per heavy atom. The lowest BCUT2D eigenvalue weighted by Crippen LogP contribution is -2.34. The maximum absolute atomic E-state index is 12.9. The van der Waals surface area contributed by atoms with E-state index in [9.17, 15) is 9.18 Å². The minimum absolute atomic E-state index is 0.0337. The van der Waals surface area contributed by atoms with Crippen molar-refractivity contribution in [2.45, 2.75) is 19.9 Å². The molecular formula is C11H15FN2O2. The van der Waals surface area contributed by atoms with Crippen LogP contribution in [0.2, 0.25) is 0 Å². The van der Waals surface area contributed by atoms with Gasteiger partial charge in [0.05, 0.1) is 12.8 Å². The highest BCUT2D eigenvalue weighted by molar-refractivity contribution is 5.91. The Bertz CT molecular complexity index is 380. The maximum atomic E-state index is 12.9. The number of urea groups is 1. The number of amides is 2. The minimum atomic E-state index is -0.410. The molecule has 0 aliphatic rings. The molecule has 0 unspecified atom stereocenters. The maximum Gasteiger partial charge on any atom is 0.319 e. The molecule has 0 radical (unpaired) electrons. The zero-order valence-electron chi connectivity index (χ0n) is 9.50. The van der Waals surface area contributed by atoms with Crippen LogP contribution in [0.5, 0.6) is 5.75 Å². The van der Waals surface area contributed by atoms with E-state index < -0.39 is 5.82 Å². The fourth-order valence-corrected chi connectivity index (χ4v) is 1.19. The van der Waals surface area contributed by atoms with Crippen LogP contribution in [-0.4, -0.2) is 19.2 Å². The Hall–Kier alpha value is -1.78. The highest BCUT2D eigenvalue weighted by Crippen LogP contribution is 2.24. The van der Waals surface area contributed by atoms with Crippen molar-refractivity contribution in [3.8, 4) is 5.75 Å². The first-order valence-electron chi connectivity index (χ1n) is 4.94. The van der Waals surface area contributed by atoms with E-state index in [0.717, 1.165) is 0 Å². The van der Waals surface area contributed by atoms with E-state index in [0.29, 0.717) is 11.4 Å². The topological polar surface area (TPSA) is 50.4 Å². The van der Waals surface area contributed by atoms with Crippen LogP contribution < -0.4 is 15.4 Å². The first-order chi connectivity index (χ1) is 7.52. The van der Waals surface area contributed by atoms with Crippen molar-refractivity contribution in [1.29, 1.82) is 0 Å². The van der Waals surface area contributed by atoms with Crippen LogP contribution in [0.4, 0.5) is 14.9 Å². The number of carbonyl (C=O) groups is 1. The van der Waals surface area contributed by atoms with Crippen molar-refractivity contribution in [3.05, 3.63) is 24.0 Å². The summed E-state index contributed by atoms with van der Waals surface area (Å²) in [7, 11) is 1.42. The average molecular weight is 226 g/mol. The number of carbonyl (C=O) groups excluding carboxylic acids is 1. The van der Waals surface area contributed by atoms with Crippen molar-refractivity contribution in [3.63, 3.8) is 0 Å². The summed E-state index contributed by atoms with van der Waals surface area (Å²) in [6.07, 6.45) is 0. The lowest BCUT2D eigenvalue weighted by Gasteiger charge is -2.12. The summed E-state index contributed by atoms with van der Waals surface area (Å²) in [5.74, 6) is -0.120. The predicted molar refractivity (Wildman–Crippen MR) is 60.2 cm³/mol. The summed E-state index contributed by atoms with van der Waals surface area (Å²) in [6, 6.07) is 3.61. The van der Waals surface area contributed by atoms with Gasteiger partial charge in [-0.25, -0.2) is 9.18 Å². The van der Waals surface area contributed by atoms with Gasteiger partial charge in [-0.1, -0.05) is 0 Å².